The van der Waals surface area contributed by atoms with Gasteiger partial charge in [-0.2, -0.15) is 15.5 Å². The minimum absolute atomic E-state index is 0.312. The Morgan fingerprint density at radius 2 is 1.91 bits per heavy atom. The van der Waals surface area contributed by atoms with Crippen LogP contribution < -0.4 is 5.32 Å². The minimum Gasteiger partial charge on any atom is -0.389 e. The standard InChI is InChI=1S/C24H21N9O/c1-14-4-7-23(30-29-14)28-18-9-21-24(26-12-18)32(13-27-21)19-5-6-20(16(3)34)22(10-19)33-15(2)8-17(11-25)31-33/h4-10,12-13,16,34H,1-3H3,(H,28,30). The van der Waals surface area contributed by atoms with Crippen molar-refractivity contribution >= 4 is 22.7 Å². The Morgan fingerprint density at radius 3 is 2.62 bits per heavy atom. The summed E-state index contributed by atoms with van der Waals surface area (Å²) in [5, 5.41) is 35.3. The van der Waals surface area contributed by atoms with Crippen molar-refractivity contribution in [2.45, 2.75) is 26.9 Å². The molecular formula is C24H21N9O. The summed E-state index contributed by atoms with van der Waals surface area (Å²) in [4.78, 5) is 9.12. The first kappa shape index (κ1) is 21.2. The molecule has 4 heterocycles. The van der Waals surface area contributed by atoms with Gasteiger partial charge < -0.3 is 10.4 Å². The summed E-state index contributed by atoms with van der Waals surface area (Å²) < 4.78 is 3.53. The molecule has 0 spiro atoms. The number of anilines is 2. The van der Waals surface area contributed by atoms with E-state index in [0.29, 0.717) is 33.9 Å². The van der Waals surface area contributed by atoms with Crippen LogP contribution in [0.1, 0.15) is 35.7 Å². The Balaban J connectivity index is 1.55. The number of aliphatic hydroxyl groups is 1. The van der Waals surface area contributed by atoms with Crippen LogP contribution in [0.25, 0.3) is 22.5 Å². The highest BCUT2D eigenvalue weighted by Crippen LogP contribution is 2.28. The van der Waals surface area contributed by atoms with Crippen LogP contribution >= 0.6 is 0 Å². The lowest BCUT2D eigenvalue weighted by Gasteiger charge is -2.16. The van der Waals surface area contributed by atoms with Gasteiger partial charge in [-0.3, -0.25) is 4.57 Å². The first-order chi connectivity index (χ1) is 16.4. The Labute approximate surface area is 195 Å². The fourth-order valence-electron chi connectivity index (χ4n) is 3.76. The number of hydrogen-bond acceptors (Lipinski definition) is 8. The molecule has 4 aromatic heterocycles. The van der Waals surface area contributed by atoms with Gasteiger partial charge in [-0.05, 0) is 57.2 Å². The molecule has 0 amide bonds. The number of nitrogens with one attached hydrogen (secondary N) is 1. The van der Waals surface area contributed by atoms with Crippen molar-refractivity contribution in [2.75, 3.05) is 5.32 Å². The van der Waals surface area contributed by atoms with Crippen LogP contribution in [0.3, 0.4) is 0 Å². The Hall–Kier alpha value is -4.62. The molecule has 0 bridgehead atoms. The van der Waals surface area contributed by atoms with E-state index in [9.17, 15) is 10.4 Å². The minimum atomic E-state index is -0.714. The topological polar surface area (TPSA) is 130 Å². The lowest BCUT2D eigenvalue weighted by molar-refractivity contribution is 0.199. The summed E-state index contributed by atoms with van der Waals surface area (Å²) in [6.07, 6.45) is 2.70. The monoisotopic (exact) mass is 451 g/mol. The first-order valence-corrected chi connectivity index (χ1v) is 10.6. The average molecular weight is 451 g/mol. The molecule has 0 aliphatic heterocycles. The maximum atomic E-state index is 10.3. The van der Waals surface area contributed by atoms with Gasteiger partial charge >= 0.3 is 0 Å². The maximum absolute atomic E-state index is 10.3. The normalized spacial score (nSPS) is 12.0. The van der Waals surface area contributed by atoms with Crippen molar-refractivity contribution in [3.8, 4) is 17.4 Å². The highest BCUT2D eigenvalue weighted by molar-refractivity contribution is 5.78. The van der Waals surface area contributed by atoms with E-state index >= 15 is 0 Å². The fraction of sp³-hybridized carbons (Fsp3) is 0.167. The molecule has 0 radical (unpaired) electrons. The van der Waals surface area contributed by atoms with Crippen LogP contribution in [0.4, 0.5) is 11.5 Å². The van der Waals surface area contributed by atoms with Crippen molar-refractivity contribution in [3.63, 3.8) is 0 Å². The number of imidazole rings is 1. The van der Waals surface area contributed by atoms with Crippen LogP contribution in [-0.4, -0.2) is 39.6 Å². The van der Waals surface area contributed by atoms with Crippen LogP contribution in [-0.2, 0) is 0 Å². The second-order valence-electron chi connectivity index (χ2n) is 7.98. The van der Waals surface area contributed by atoms with E-state index < -0.39 is 6.10 Å². The molecule has 10 heteroatoms. The third-order valence-electron chi connectivity index (χ3n) is 5.43. The first-order valence-electron chi connectivity index (χ1n) is 10.6. The predicted octanol–water partition coefficient (Wildman–Crippen LogP) is 3.68. The zero-order valence-corrected chi connectivity index (χ0v) is 18.8. The molecule has 1 atom stereocenters. The number of pyridine rings is 1. The van der Waals surface area contributed by atoms with E-state index in [1.165, 1.54) is 0 Å². The second kappa shape index (κ2) is 8.38. The lowest BCUT2D eigenvalue weighted by atomic mass is 10.1. The zero-order chi connectivity index (χ0) is 23.8. The molecule has 1 unspecified atom stereocenters. The van der Waals surface area contributed by atoms with Crippen LogP contribution in [0.5, 0.6) is 0 Å². The number of nitrogens with zero attached hydrogens (tertiary/aromatic N) is 8. The summed E-state index contributed by atoms with van der Waals surface area (Å²) in [5.41, 5.74) is 6.25. The molecule has 10 nitrogen and oxygen atoms in total. The Bertz CT molecular complexity index is 1540. The highest BCUT2D eigenvalue weighted by atomic mass is 16.3. The molecule has 5 rings (SSSR count). The number of aryl methyl sites for hydroxylation is 2. The smallest absolute Gasteiger partial charge is 0.164 e. The van der Waals surface area contributed by atoms with E-state index in [1.807, 2.05) is 54.8 Å². The van der Waals surface area contributed by atoms with E-state index in [1.54, 1.807) is 30.2 Å². The number of aromatic nitrogens is 7. The van der Waals surface area contributed by atoms with Gasteiger partial charge in [0.1, 0.15) is 17.9 Å². The van der Waals surface area contributed by atoms with Gasteiger partial charge in [0.2, 0.25) is 0 Å². The predicted molar refractivity (Wildman–Crippen MR) is 126 cm³/mol. The van der Waals surface area contributed by atoms with Crippen molar-refractivity contribution < 1.29 is 5.11 Å². The van der Waals surface area contributed by atoms with Gasteiger partial charge in [0.05, 0.1) is 35.1 Å². The summed E-state index contributed by atoms with van der Waals surface area (Å²) >= 11 is 0. The van der Waals surface area contributed by atoms with Gasteiger partial charge in [-0.15, -0.1) is 5.10 Å². The molecule has 2 N–H and O–H groups in total. The Morgan fingerprint density at radius 1 is 1.06 bits per heavy atom. The molecule has 34 heavy (non-hydrogen) atoms. The molecule has 1 aromatic carbocycles. The molecule has 0 aliphatic rings. The van der Waals surface area contributed by atoms with Crippen LogP contribution in [0, 0.1) is 25.2 Å². The third kappa shape index (κ3) is 3.85. The second-order valence-corrected chi connectivity index (χ2v) is 7.98. The zero-order valence-electron chi connectivity index (χ0n) is 18.8. The van der Waals surface area contributed by atoms with Gasteiger partial charge in [0.15, 0.2) is 17.2 Å². The van der Waals surface area contributed by atoms with E-state index in [-0.39, 0.29) is 0 Å². The molecule has 0 aliphatic carbocycles. The Kier molecular flexibility index (Phi) is 5.24. The fourth-order valence-corrected chi connectivity index (χ4v) is 3.76. The van der Waals surface area contributed by atoms with Crippen molar-refractivity contribution in [3.05, 3.63) is 77.6 Å². The van der Waals surface area contributed by atoms with Crippen LogP contribution in [0.15, 0.2) is 55.0 Å². The summed E-state index contributed by atoms with van der Waals surface area (Å²) in [5.74, 6) is 0.621. The quantitative estimate of drug-likeness (QED) is 0.414. The molecule has 0 saturated heterocycles. The summed E-state index contributed by atoms with van der Waals surface area (Å²) in [6.45, 7) is 5.45. The van der Waals surface area contributed by atoms with Crippen molar-refractivity contribution in [1.82, 2.24) is 34.5 Å². The van der Waals surface area contributed by atoms with Crippen molar-refractivity contribution in [2.24, 2.45) is 0 Å². The molecule has 5 aromatic rings. The lowest BCUT2D eigenvalue weighted by Crippen LogP contribution is -2.07. The van der Waals surface area contributed by atoms with Gasteiger partial charge in [-0.1, -0.05) is 6.07 Å². The number of rotatable bonds is 5. The summed E-state index contributed by atoms with van der Waals surface area (Å²) in [6, 6.07) is 15.0. The highest BCUT2D eigenvalue weighted by Gasteiger charge is 2.16. The van der Waals surface area contributed by atoms with E-state index in [4.69, 9.17) is 0 Å². The number of benzene rings is 1. The molecule has 0 saturated carbocycles. The molecule has 0 fully saturated rings. The van der Waals surface area contributed by atoms with E-state index in [2.05, 4.69) is 36.7 Å². The van der Waals surface area contributed by atoms with Crippen LogP contribution in [0.2, 0.25) is 0 Å². The number of hydrogen-bond donors (Lipinski definition) is 2. The maximum Gasteiger partial charge on any atom is 0.164 e. The van der Waals surface area contributed by atoms with Gasteiger partial charge in [-0.25, -0.2) is 14.6 Å². The van der Waals surface area contributed by atoms with Crippen molar-refractivity contribution in [1.29, 1.82) is 5.26 Å². The number of aliphatic hydroxyl groups excluding tert-OH is 1. The third-order valence-corrected chi connectivity index (χ3v) is 5.43. The average Bonchev–Trinajstić information content (AvgIpc) is 3.43. The SMILES string of the molecule is Cc1ccc(Nc2cnc3c(c2)ncn3-c2ccc(C(C)O)c(-n3nc(C#N)cc3C)c2)nn1. The number of fused-ring (bicyclic) bond motifs is 1. The molecule has 168 valence electrons. The van der Waals surface area contributed by atoms with Gasteiger partial charge in [0.25, 0.3) is 0 Å². The van der Waals surface area contributed by atoms with Gasteiger partial charge in [0, 0.05) is 11.3 Å². The van der Waals surface area contributed by atoms with E-state index in [0.717, 1.165) is 22.8 Å². The number of nitriles is 1. The largest absolute Gasteiger partial charge is 0.389 e. The summed E-state index contributed by atoms with van der Waals surface area (Å²) in [7, 11) is 0. The molecular weight excluding hydrogens is 430 g/mol.